The first-order valence-corrected chi connectivity index (χ1v) is 11.5. The minimum absolute atomic E-state index is 0.0112. The Labute approximate surface area is 188 Å². The number of anilines is 1. The average molecular weight is 479 g/mol. The van der Waals surface area contributed by atoms with Gasteiger partial charge in [0.1, 0.15) is 10.7 Å². The molecule has 1 fully saturated rings. The molecule has 4 rings (SSSR count). The van der Waals surface area contributed by atoms with Crippen LogP contribution in [0.5, 0.6) is 5.75 Å². The second kappa shape index (κ2) is 8.15. The smallest absolute Gasteiger partial charge is 0.311 e. The molecule has 2 aliphatic heterocycles. The quantitative estimate of drug-likeness (QED) is 0.503. The fourth-order valence-electron chi connectivity index (χ4n) is 4.03. The van der Waals surface area contributed by atoms with Gasteiger partial charge in [0.15, 0.2) is 11.4 Å². The number of fused-ring (bicyclic) bond motifs is 2. The van der Waals surface area contributed by atoms with Crippen LogP contribution in [0.4, 0.5) is 10.1 Å². The van der Waals surface area contributed by atoms with E-state index in [1.54, 1.807) is 6.92 Å². The van der Waals surface area contributed by atoms with Crippen LogP contribution in [0.15, 0.2) is 29.3 Å². The van der Waals surface area contributed by atoms with Gasteiger partial charge < -0.3 is 25.3 Å². The summed E-state index contributed by atoms with van der Waals surface area (Å²) < 4.78 is 49.3. The molecule has 1 aromatic heterocycles. The third kappa shape index (κ3) is 4.16. The molecule has 3 amide bonds. The highest BCUT2D eigenvalue weighted by molar-refractivity contribution is 7.89. The highest BCUT2D eigenvalue weighted by Gasteiger charge is 2.43. The predicted octanol–water partition coefficient (Wildman–Crippen LogP) is -0.292. The van der Waals surface area contributed by atoms with Crippen LogP contribution in [-0.2, 0) is 26.7 Å². The van der Waals surface area contributed by atoms with Gasteiger partial charge in [-0.15, -0.1) is 0 Å². The number of amides is 3. The van der Waals surface area contributed by atoms with Gasteiger partial charge in [0.25, 0.3) is 5.91 Å². The fourth-order valence-corrected chi connectivity index (χ4v) is 5.52. The fraction of sp³-hybridized carbons (Fsp3) is 0.350. The molecule has 0 bridgehead atoms. The molecule has 11 nitrogen and oxygen atoms in total. The minimum Gasteiger partial charge on any atom is -0.489 e. The predicted molar refractivity (Wildman–Crippen MR) is 113 cm³/mol. The number of aromatic nitrogens is 1. The summed E-state index contributed by atoms with van der Waals surface area (Å²) in [4.78, 5) is 37.1. The van der Waals surface area contributed by atoms with Crippen LogP contribution in [0.2, 0.25) is 0 Å². The first-order chi connectivity index (χ1) is 15.5. The molecule has 176 valence electrons. The van der Waals surface area contributed by atoms with E-state index in [1.807, 2.05) is 0 Å². The number of carbonyl (C=O) groups is 3. The van der Waals surface area contributed by atoms with Crippen molar-refractivity contribution in [2.75, 3.05) is 25.0 Å². The van der Waals surface area contributed by atoms with Crippen molar-refractivity contribution in [3.63, 3.8) is 0 Å². The molecule has 0 saturated carbocycles. The van der Waals surface area contributed by atoms with Crippen molar-refractivity contribution in [3.05, 3.63) is 41.5 Å². The van der Waals surface area contributed by atoms with Crippen LogP contribution in [0, 0.1) is 18.7 Å². The molecule has 3 heterocycles. The van der Waals surface area contributed by atoms with Gasteiger partial charge in [0, 0.05) is 44.0 Å². The van der Waals surface area contributed by atoms with E-state index < -0.39 is 45.5 Å². The summed E-state index contributed by atoms with van der Waals surface area (Å²) >= 11 is 0. The summed E-state index contributed by atoms with van der Waals surface area (Å²) in [5.74, 6) is -3.71. The first-order valence-electron chi connectivity index (χ1n) is 9.98. The molecular formula is C20H22FN5O6S. The molecule has 2 aromatic rings. The number of primary amides is 1. The van der Waals surface area contributed by atoms with Crippen LogP contribution in [0.1, 0.15) is 16.1 Å². The van der Waals surface area contributed by atoms with E-state index in [0.717, 1.165) is 0 Å². The molecule has 33 heavy (non-hydrogen) atoms. The number of nitrogens with two attached hydrogens (primary N) is 1. The Morgan fingerprint density at radius 3 is 2.67 bits per heavy atom. The zero-order chi connectivity index (χ0) is 24.1. The van der Waals surface area contributed by atoms with E-state index in [9.17, 15) is 27.2 Å². The molecule has 0 radical (unpaired) electrons. The van der Waals surface area contributed by atoms with Gasteiger partial charge >= 0.3 is 11.8 Å². The highest BCUT2D eigenvalue weighted by Crippen LogP contribution is 2.34. The van der Waals surface area contributed by atoms with Gasteiger partial charge in [0.2, 0.25) is 10.0 Å². The van der Waals surface area contributed by atoms with Crippen LogP contribution in [0.25, 0.3) is 0 Å². The molecule has 2 unspecified atom stereocenters. The van der Waals surface area contributed by atoms with Crippen molar-refractivity contribution >= 4 is 33.4 Å². The van der Waals surface area contributed by atoms with E-state index in [2.05, 4.69) is 10.0 Å². The molecule has 0 spiro atoms. The monoisotopic (exact) mass is 479 g/mol. The molecule has 2 aliphatic rings. The maximum Gasteiger partial charge on any atom is 0.311 e. The van der Waals surface area contributed by atoms with E-state index in [-0.39, 0.29) is 36.0 Å². The number of benzene rings is 1. The van der Waals surface area contributed by atoms with Crippen molar-refractivity contribution in [3.8, 4) is 5.75 Å². The summed E-state index contributed by atoms with van der Waals surface area (Å²) in [6.07, 6.45) is 1.25. The van der Waals surface area contributed by atoms with Crippen molar-refractivity contribution in [1.29, 1.82) is 0 Å². The van der Waals surface area contributed by atoms with Gasteiger partial charge in [0.05, 0.1) is 6.61 Å². The number of sulfonamides is 1. The molecule has 0 aliphatic carbocycles. The maximum atomic E-state index is 13.5. The normalized spacial score (nSPS) is 21.2. The summed E-state index contributed by atoms with van der Waals surface area (Å²) in [5, 5.41) is 2.62. The Kier molecular flexibility index (Phi) is 5.62. The van der Waals surface area contributed by atoms with E-state index in [4.69, 9.17) is 10.5 Å². The summed E-state index contributed by atoms with van der Waals surface area (Å²) in [7, 11) is -2.62. The zero-order valence-corrected chi connectivity index (χ0v) is 18.6. The summed E-state index contributed by atoms with van der Waals surface area (Å²) in [6, 6.07) is 3.36. The second-order valence-corrected chi connectivity index (χ2v) is 9.76. The van der Waals surface area contributed by atoms with Crippen LogP contribution in [0.3, 0.4) is 0 Å². The molecule has 1 aromatic carbocycles. The lowest BCUT2D eigenvalue weighted by Gasteiger charge is -2.23. The number of hydrogen-bond donors (Lipinski definition) is 3. The summed E-state index contributed by atoms with van der Waals surface area (Å²) in [5.41, 5.74) is 5.68. The average Bonchev–Trinajstić information content (AvgIpc) is 3.27. The Balaban J connectivity index is 1.64. The Bertz CT molecular complexity index is 1270. The largest absolute Gasteiger partial charge is 0.489 e. The number of ether oxygens (including phenoxy) is 1. The Hall–Kier alpha value is -3.45. The van der Waals surface area contributed by atoms with E-state index in [1.165, 1.54) is 40.9 Å². The summed E-state index contributed by atoms with van der Waals surface area (Å²) in [6.45, 7) is 1.57. The number of halogens is 1. The van der Waals surface area contributed by atoms with Crippen molar-refractivity contribution in [2.45, 2.75) is 17.9 Å². The number of likely N-dealkylation sites (tertiary alicyclic amines) is 1. The van der Waals surface area contributed by atoms with Crippen LogP contribution in [-0.4, -0.2) is 61.3 Å². The van der Waals surface area contributed by atoms with Crippen LogP contribution < -0.4 is 20.5 Å². The van der Waals surface area contributed by atoms with E-state index >= 15 is 0 Å². The molecule has 1 saturated heterocycles. The SMILES string of the molecule is Cc1cc(NC(=O)c2c3c(cn2C)S(=O)(=O)NC2CN(C(=O)C(N)=O)CC2CO3)ccc1F. The van der Waals surface area contributed by atoms with Crippen molar-refractivity contribution in [1.82, 2.24) is 14.2 Å². The third-order valence-electron chi connectivity index (χ3n) is 5.71. The van der Waals surface area contributed by atoms with Crippen LogP contribution >= 0.6 is 0 Å². The number of nitrogens with zero attached hydrogens (tertiary/aromatic N) is 2. The van der Waals surface area contributed by atoms with Gasteiger partial charge in [-0.2, -0.15) is 0 Å². The zero-order valence-electron chi connectivity index (χ0n) is 17.8. The molecular weight excluding hydrogens is 457 g/mol. The lowest BCUT2D eigenvalue weighted by molar-refractivity contribution is -0.143. The highest BCUT2D eigenvalue weighted by atomic mass is 32.2. The van der Waals surface area contributed by atoms with E-state index in [0.29, 0.717) is 11.3 Å². The standard InChI is InChI=1S/C20H22FN5O6S/c1-10-5-12(3-4-13(10)21)23-19(28)16-17-15(8-25(16)2)33(30,31)24-14-7-26(20(29)18(22)27)6-11(14)9-32-17/h3-5,8,11,14,24H,6-7,9H2,1-2H3,(H2,22,27)(H,23,28). The second-order valence-electron chi connectivity index (χ2n) is 8.07. The van der Waals surface area contributed by atoms with Gasteiger partial charge in [-0.25, -0.2) is 17.5 Å². The molecule has 2 atom stereocenters. The number of carbonyl (C=O) groups excluding carboxylic acids is 3. The number of hydrogen-bond acceptors (Lipinski definition) is 6. The topological polar surface area (TPSA) is 153 Å². The van der Waals surface area contributed by atoms with Gasteiger partial charge in [-0.3, -0.25) is 14.4 Å². The van der Waals surface area contributed by atoms with Gasteiger partial charge in [-0.05, 0) is 30.7 Å². The van der Waals surface area contributed by atoms with Gasteiger partial charge in [-0.1, -0.05) is 0 Å². The minimum atomic E-state index is -4.13. The lowest BCUT2D eigenvalue weighted by Crippen LogP contribution is -2.44. The number of nitrogens with one attached hydrogen (secondary N) is 2. The number of rotatable bonds is 2. The molecule has 4 N–H and O–H groups in total. The molecule has 13 heteroatoms. The Morgan fingerprint density at radius 1 is 1.27 bits per heavy atom. The third-order valence-corrected chi connectivity index (χ3v) is 7.19. The first kappa shape index (κ1) is 22.7. The maximum absolute atomic E-state index is 13.5. The lowest BCUT2D eigenvalue weighted by atomic mass is 10.1. The Morgan fingerprint density at radius 2 is 2.00 bits per heavy atom. The van der Waals surface area contributed by atoms with Crippen molar-refractivity contribution < 1.29 is 31.9 Å². The van der Waals surface area contributed by atoms with Crippen molar-refractivity contribution in [2.24, 2.45) is 18.7 Å². The number of aryl methyl sites for hydroxylation is 2.